The van der Waals surface area contributed by atoms with Gasteiger partial charge in [0.25, 0.3) is 0 Å². The van der Waals surface area contributed by atoms with E-state index in [1.165, 1.54) is 7.11 Å². The molecule has 0 radical (unpaired) electrons. The van der Waals surface area contributed by atoms with Crippen LogP contribution in [0, 0.1) is 0 Å². The largest absolute Gasteiger partial charge is 0.494 e. The first-order valence-corrected chi connectivity index (χ1v) is 10.0. The van der Waals surface area contributed by atoms with E-state index < -0.39 is 0 Å². The minimum Gasteiger partial charge on any atom is -0.494 e. The number of likely N-dealkylation sites (tertiary alicyclic amines) is 1. The third-order valence-electron chi connectivity index (χ3n) is 4.65. The van der Waals surface area contributed by atoms with Gasteiger partial charge in [0.15, 0.2) is 0 Å². The molecular formula is C21H28N4O4. The van der Waals surface area contributed by atoms with Crippen molar-refractivity contribution in [1.29, 1.82) is 0 Å². The van der Waals surface area contributed by atoms with E-state index in [1.807, 2.05) is 24.3 Å². The van der Waals surface area contributed by atoms with E-state index in [0.717, 1.165) is 37.1 Å². The Bertz CT molecular complexity index is 767. The molecule has 1 saturated heterocycles. The molecule has 0 bridgehead atoms. The Morgan fingerprint density at radius 3 is 2.62 bits per heavy atom. The summed E-state index contributed by atoms with van der Waals surface area (Å²) < 4.78 is 16.5. The summed E-state index contributed by atoms with van der Waals surface area (Å²) in [4.78, 5) is 14.4. The van der Waals surface area contributed by atoms with Crippen LogP contribution in [0.1, 0.15) is 32.6 Å². The van der Waals surface area contributed by atoms with Gasteiger partial charge in [0.2, 0.25) is 11.8 Å². The van der Waals surface area contributed by atoms with Gasteiger partial charge in [0.1, 0.15) is 11.9 Å². The molecule has 1 atom stereocenters. The Morgan fingerprint density at radius 2 is 1.93 bits per heavy atom. The van der Waals surface area contributed by atoms with Gasteiger partial charge in [0, 0.05) is 24.4 Å². The van der Waals surface area contributed by atoms with Crippen LogP contribution in [0.15, 0.2) is 36.4 Å². The molecule has 3 rings (SSSR count). The molecule has 2 heterocycles. The molecule has 1 fully saturated rings. The van der Waals surface area contributed by atoms with E-state index in [2.05, 4.69) is 22.4 Å². The first-order valence-electron chi connectivity index (χ1n) is 10.0. The quantitative estimate of drug-likeness (QED) is 0.680. The fraction of sp³-hybridized carbons (Fsp3) is 0.476. The highest BCUT2D eigenvalue weighted by Gasteiger charge is 2.25. The van der Waals surface area contributed by atoms with Crippen LogP contribution in [0.25, 0.3) is 0 Å². The molecule has 8 nitrogen and oxygen atoms in total. The molecule has 1 aromatic carbocycles. The highest BCUT2D eigenvalue weighted by atomic mass is 16.5. The van der Waals surface area contributed by atoms with Gasteiger partial charge in [-0.1, -0.05) is 13.3 Å². The van der Waals surface area contributed by atoms with Crippen molar-refractivity contribution in [3.8, 4) is 17.5 Å². The Hall–Kier alpha value is -3.03. The number of carbonyl (C=O) groups excluding carboxylic acids is 1. The Balaban J connectivity index is 1.49. The number of rotatable bonds is 8. The van der Waals surface area contributed by atoms with Crippen molar-refractivity contribution in [1.82, 2.24) is 15.1 Å². The lowest BCUT2D eigenvalue weighted by Crippen LogP contribution is -2.46. The second kappa shape index (κ2) is 10.5. The van der Waals surface area contributed by atoms with Crippen molar-refractivity contribution in [3.05, 3.63) is 36.4 Å². The lowest BCUT2D eigenvalue weighted by Gasteiger charge is -2.32. The fourth-order valence-corrected chi connectivity index (χ4v) is 3.04. The van der Waals surface area contributed by atoms with Gasteiger partial charge in [-0.15, -0.1) is 10.2 Å². The molecule has 1 aromatic heterocycles. The summed E-state index contributed by atoms with van der Waals surface area (Å²) in [7, 11) is 1.54. The van der Waals surface area contributed by atoms with Gasteiger partial charge in [-0.3, -0.25) is 0 Å². The fourth-order valence-electron chi connectivity index (χ4n) is 3.04. The maximum Gasteiger partial charge on any atom is 0.321 e. The van der Waals surface area contributed by atoms with Gasteiger partial charge in [-0.25, -0.2) is 4.79 Å². The van der Waals surface area contributed by atoms with Crippen molar-refractivity contribution in [2.24, 2.45) is 0 Å². The van der Waals surface area contributed by atoms with Crippen LogP contribution in [0.4, 0.5) is 10.5 Å². The Labute approximate surface area is 171 Å². The van der Waals surface area contributed by atoms with Crippen LogP contribution in [0.5, 0.6) is 17.5 Å². The van der Waals surface area contributed by atoms with Crippen molar-refractivity contribution in [3.63, 3.8) is 0 Å². The van der Waals surface area contributed by atoms with E-state index in [4.69, 9.17) is 14.2 Å². The summed E-state index contributed by atoms with van der Waals surface area (Å²) in [6, 6.07) is 10.7. The molecule has 0 spiro atoms. The number of methoxy groups -OCH3 is 1. The zero-order valence-electron chi connectivity index (χ0n) is 17.0. The van der Waals surface area contributed by atoms with E-state index in [9.17, 15) is 4.79 Å². The smallest absolute Gasteiger partial charge is 0.321 e. The van der Waals surface area contributed by atoms with Crippen LogP contribution < -0.4 is 19.5 Å². The normalized spacial score (nSPS) is 16.2. The first-order chi connectivity index (χ1) is 14.2. The minimum atomic E-state index is -0.140. The molecule has 0 aliphatic carbocycles. The average Bonchev–Trinajstić information content (AvgIpc) is 2.76. The Morgan fingerprint density at radius 1 is 1.17 bits per heavy atom. The molecule has 2 amide bonds. The summed E-state index contributed by atoms with van der Waals surface area (Å²) in [5.41, 5.74) is 0.738. The summed E-state index contributed by atoms with van der Waals surface area (Å²) in [6.07, 6.45) is 3.73. The van der Waals surface area contributed by atoms with E-state index in [-0.39, 0.29) is 12.1 Å². The summed E-state index contributed by atoms with van der Waals surface area (Å²) in [5, 5.41) is 10.8. The molecule has 29 heavy (non-hydrogen) atoms. The Kier molecular flexibility index (Phi) is 7.49. The van der Waals surface area contributed by atoms with Crippen molar-refractivity contribution in [2.75, 3.05) is 32.1 Å². The monoisotopic (exact) mass is 400 g/mol. The van der Waals surface area contributed by atoms with E-state index in [1.54, 1.807) is 17.0 Å². The SMILES string of the molecule is CCCCOc1ccc(NC(=O)N2CCCC(Oc3ccc(OC)nn3)C2)cc1. The lowest BCUT2D eigenvalue weighted by atomic mass is 10.1. The number of benzene rings is 1. The van der Waals surface area contributed by atoms with E-state index >= 15 is 0 Å². The van der Waals surface area contributed by atoms with Crippen LogP contribution >= 0.6 is 0 Å². The predicted molar refractivity (Wildman–Crippen MR) is 110 cm³/mol. The number of unbranched alkanes of at least 4 members (excludes halogenated alkanes) is 1. The standard InChI is InChI=1S/C21H28N4O4/c1-3-4-14-28-17-9-7-16(8-10-17)22-21(26)25-13-5-6-18(15-25)29-20-12-11-19(27-2)23-24-20/h7-12,18H,3-6,13-15H2,1-2H3,(H,22,26). The molecule has 0 saturated carbocycles. The number of nitrogens with zero attached hydrogens (tertiary/aromatic N) is 3. The van der Waals surface area contributed by atoms with Gasteiger partial charge >= 0.3 is 6.03 Å². The second-order valence-electron chi connectivity index (χ2n) is 6.90. The third kappa shape index (κ3) is 6.23. The summed E-state index contributed by atoms with van der Waals surface area (Å²) in [5.74, 6) is 1.67. The number of carbonyl (C=O) groups is 1. The molecular weight excluding hydrogens is 372 g/mol. The van der Waals surface area contributed by atoms with Crippen molar-refractivity contribution >= 4 is 11.7 Å². The number of hydrogen-bond donors (Lipinski definition) is 1. The highest BCUT2D eigenvalue weighted by Crippen LogP contribution is 2.20. The maximum atomic E-state index is 12.6. The predicted octanol–water partition coefficient (Wildman–Crippen LogP) is 3.74. The molecule has 1 aliphatic rings. The van der Waals surface area contributed by atoms with Crippen LogP contribution in [-0.4, -0.2) is 54.0 Å². The number of aromatic nitrogens is 2. The molecule has 1 unspecified atom stereocenters. The summed E-state index contributed by atoms with van der Waals surface area (Å²) >= 11 is 0. The number of piperidine rings is 1. The number of hydrogen-bond acceptors (Lipinski definition) is 6. The highest BCUT2D eigenvalue weighted by molar-refractivity contribution is 5.89. The van der Waals surface area contributed by atoms with Crippen molar-refractivity contribution in [2.45, 2.75) is 38.7 Å². The van der Waals surface area contributed by atoms with Crippen LogP contribution in [0.2, 0.25) is 0 Å². The molecule has 156 valence electrons. The zero-order valence-corrected chi connectivity index (χ0v) is 17.0. The lowest BCUT2D eigenvalue weighted by molar-refractivity contribution is 0.101. The molecule has 1 N–H and O–H groups in total. The van der Waals surface area contributed by atoms with Crippen LogP contribution in [-0.2, 0) is 0 Å². The maximum absolute atomic E-state index is 12.6. The van der Waals surface area contributed by atoms with Gasteiger partial charge in [0.05, 0.1) is 20.3 Å². The minimum absolute atomic E-state index is 0.119. The number of anilines is 1. The molecule has 2 aromatic rings. The van der Waals surface area contributed by atoms with Gasteiger partial charge in [-0.05, 0) is 43.5 Å². The summed E-state index contributed by atoms with van der Waals surface area (Å²) in [6.45, 7) is 4.02. The number of ether oxygens (including phenoxy) is 3. The van der Waals surface area contributed by atoms with Crippen LogP contribution in [0.3, 0.4) is 0 Å². The van der Waals surface area contributed by atoms with Crippen molar-refractivity contribution < 1.29 is 19.0 Å². The molecule has 1 aliphatic heterocycles. The topological polar surface area (TPSA) is 85.8 Å². The van der Waals surface area contributed by atoms with E-state index in [0.29, 0.717) is 31.5 Å². The first kappa shape index (κ1) is 20.7. The second-order valence-corrected chi connectivity index (χ2v) is 6.90. The van der Waals surface area contributed by atoms with Gasteiger partial charge < -0.3 is 24.4 Å². The zero-order chi connectivity index (χ0) is 20.5. The number of amides is 2. The van der Waals surface area contributed by atoms with Gasteiger partial charge in [-0.2, -0.15) is 0 Å². The molecule has 8 heteroatoms. The average molecular weight is 400 g/mol. The number of nitrogens with one attached hydrogen (secondary N) is 1. The number of urea groups is 1. The third-order valence-corrected chi connectivity index (χ3v) is 4.65.